The highest BCUT2D eigenvalue weighted by Gasteiger charge is 2.35. The van der Waals surface area contributed by atoms with E-state index in [4.69, 9.17) is 9.47 Å². The first-order valence-corrected chi connectivity index (χ1v) is 11.8. The van der Waals surface area contributed by atoms with E-state index in [2.05, 4.69) is 20.6 Å². The summed E-state index contributed by atoms with van der Waals surface area (Å²) in [5.74, 6) is 0.871. The molecule has 4 rings (SSSR count). The van der Waals surface area contributed by atoms with Crippen LogP contribution in [-0.2, 0) is 6.18 Å². The molecule has 1 fully saturated rings. The Labute approximate surface area is 202 Å². The first-order chi connectivity index (χ1) is 16.8. The minimum absolute atomic E-state index is 0.0312. The molecule has 1 aromatic heterocycles. The summed E-state index contributed by atoms with van der Waals surface area (Å²) in [5, 5.41) is 5.79. The molecule has 2 aromatic carbocycles. The van der Waals surface area contributed by atoms with Gasteiger partial charge in [-0.2, -0.15) is 18.2 Å². The van der Waals surface area contributed by atoms with Crippen LogP contribution >= 0.6 is 0 Å². The Balaban J connectivity index is 1.57. The van der Waals surface area contributed by atoms with Crippen molar-refractivity contribution < 1.29 is 22.6 Å². The molecule has 0 amide bonds. The third kappa shape index (κ3) is 6.77. The van der Waals surface area contributed by atoms with Gasteiger partial charge in [-0.15, -0.1) is 0 Å². The molecule has 3 aromatic rings. The summed E-state index contributed by atoms with van der Waals surface area (Å²) >= 11 is 0. The third-order valence-corrected chi connectivity index (χ3v) is 5.56. The quantitative estimate of drug-likeness (QED) is 0.344. The number of aromatic nitrogens is 2. The Morgan fingerprint density at radius 3 is 2.34 bits per heavy atom. The van der Waals surface area contributed by atoms with Crippen molar-refractivity contribution in [2.24, 2.45) is 0 Å². The van der Waals surface area contributed by atoms with E-state index in [9.17, 15) is 13.2 Å². The summed E-state index contributed by atoms with van der Waals surface area (Å²) < 4.78 is 53.0. The van der Waals surface area contributed by atoms with Crippen LogP contribution in [0.3, 0.4) is 0 Å². The van der Waals surface area contributed by atoms with Crippen LogP contribution in [0.25, 0.3) is 0 Å². The van der Waals surface area contributed by atoms with Gasteiger partial charge in [-0.3, -0.25) is 0 Å². The number of hydrogen-bond donors (Lipinski definition) is 2. The highest BCUT2D eigenvalue weighted by atomic mass is 19.4. The molecule has 0 atom stereocenters. The fourth-order valence-electron chi connectivity index (χ4n) is 3.93. The Bertz CT molecular complexity index is 1110. The van der Waals surface area contributed by atoms with Crippen molar-refractivity contribution >= 4 is 23.1 Å². The molecule has 186 valence electrons. The molecule has 1 aliphatic carbocycles. The number of benzene rings is 2. The lowest BCUT2D eigenvalue weighted by atomic mass is 9.98. The van der Waals surface area contributed by atoms with E-state index in [1.807, 2.05) is 13.8 Å². The van der Waals surface area contributed by atoms with E-state index in [1.54, 1.807) is 48.5 Å². The number of para-hydroxylation sites is 2. The van der Waals surface area contributed by atoms with Gasteiger partial charge in [-0.1, -0.05) is 18.6 Å². The maximum Gasteiger partial charge on any atom is 0.421 e. The summed E-state index contributed by atoms with van der Waals surface area (Å²) in [5.41, 5.74) is 0.0764. The van der Waals surface area contributed by atoms with E-state index in [0.717, 1.165) is 31.9 Å². The van der Waals surface area contributed by atoms with Crippen molar-refractivity contribution in [3.63, 3.8) is 0 Å². The van der Waals surface area contributed by atoms with Gasteiger partial charge in [0, 0.05) is 11.9 Å². The number of halogens is 3. The first kappa shape index (κ1) is 24.6. The Morgan fingerprint density at radius 1 is 0.943 bits per heavy atom. The molecule has 2 N–H and O–H groups in total. The average Bonchev–Trinajstić information content (AvgIpc) is 2.81. The number of rotatable bonds is 8. The van der Waals surface area contributed by atoms with Crippen LogP contribution in [0.2, 0.25) is 0 Å². The number of anilines is 4. The summed E-state index contributed by atoms with van der Waals surface area (Å²) in [7, 11) is 0. The number of nitrogens with zero attached hydrogens (tertiary/aromatic N) is 2. The predicted octanol–water partition coefficient (Wildman–Crippen LogP) is 7.48. The summed E-state index contributed by atoms with van der Waals surface area (Å²) in [6, 6.07) is 14.0. The topological polar surface area (TPSA) is 68.3 Å². The van der Waals surface area contributed by atoms with Crippen LogP contribution in [0.1, 0.15) is 51.5 Å². The van der Waals surface area contributed by atoms with Crippen molar-refractivity contribution in [3.8, 4) is 11.5 Å². The minimum atomic E-state index is -4.63. The molecular weight excluding hydrogens is 457 g/mol. The standard InChI is InChI=1S/C26H29F3N4O2/c1-17(2)34-20-14-12-18(13-15-20)31-25-30-16-21(26(27,28)29)24(33-25)32-22-10-6-7-11-23(22)35-19-8-4-3-5-9-19/h6-7,10-17,19H,3-5,8-9H2,1-2H3,(H2,30,31,32,33). The fraction of sp³-hybridized carbons (Fsp3) is 0.385. The van der Waals surface area contributed by atoms with Crippen LogP contribution in [0.4, 0.5) is 36.3 Å². The molecular formula is C26H29F3N4O2. The van der Waals surface area contributed by atoms with Gasteiger partial charge in [0.2, 0.25) is 5.95 Å². The molecule has 1 saturated carbocycles. The maximum absolute atomic E-state index is 13.7. The van der Waals surface area contributed by atoms with Gasteiger partial charge in [0.1, 0.15) is 22.9 Å². The molecule has 6 nitrogen and oxygen atoms in total. The molecule has 0 radical (unpaired) electrons. The molecule has 0 unspecified atom stereocenters. The Hall–Kier alpha value is -3.49. The molecule has 35 heavy (non-hydrogen) atoms. The van der Waals surface area contributed by atoms with Crippen molar-refractivity contribution in [2.75, 3.05) is 10.6 Å². The highest BCUT2D eigenvalue weighted by Crippen LogP contribution is 2.38. The SMILES string of the molecule is CC(C)Oc1ccc(Nc2ncc(C(F)(F)F)c(Nc3ccccc3OC3CCCCC3)n2)cc1. The van der Waals surface area contributed by atoms with E-state index in [1.165, 1.54) is 6.42 Å². The zero-order chi connectivity index (χ0) is 24.8. The lowest BCUT2D eigenvalue weighted by molar-refractivity contribution is -0.137. The van der Waals surface area contributed by atoms with Crippen LogP contribution in [0.5, 0.6) is 11.5 Å². The second-order valence-corrected chi connectivity index (χ2v) is 8.77. The highest BCUT2D eigenvalue weighted by molar-refractivity contribution is 5.67. The molecule has 0 bridgehead atoms. The van der Waals surface area contributed by atoms with Crippen LogP contribution < -0.4 is 20.1 Å². The first-order valence-electron chi connectivity index (χ1n) is 11.8. The van der Waals surface area contributed by atoms with Crippen molar-refractivity contribution in [2.45, 2.75) is 64.3 Å². The van der Waals surface area contributed by atoms with Crippen LogP contribution in [0.15, 0.2) is 54.7 Å². The number of alkyl halides is 3. The van der Waals surface area contributed by atoms with Crippen LogP contribution in [-0.4, -0.2) is 22.2 Å². The molecule has 9 heteroatoms. The predicted molar refractivity (Wildman–Crippen MR) is 130 cm³/mol. The number of hydrogen-bond acceptors (Lipinski definition) is 6. The number of ether oxygens (including phenoxy) is 2. The van der Waals surface area contributed by atoms with Gasteiger partial charge >= 0.3 is 6.18 Å². The monoisotopic (exact) mass is 486 g/mol. The third-order valence-electron chi connectivity index (χ3n) is 5.56. The van der Waals surface area contributed by atoms with E-state index >= 15 is 0 Å². The summed E-state index contributed by atoms with van der Waals surface area (Å²) in [6.07, 6.45) is 1.46. The molecule has 0 spiro atoms. The van der Waals surface area contributed by atoms with E-state index < -0.39 is 11.7 Å². The lowest BCUT2D eigenvalue weighted by Gasteiger charge is -2.24. The largest absolute Gasteiger partial charge is 0.491 e. The zero-order valence-corrected chi connectivity index (χ0v) is 19.7. The second-order valence-electron chi connectivity index (χ2n) is 8.77. The summed E-state index contributed by atoms with van der Waals surface area (Å²) in [6.45, 7) is 3.85. The van der Waals surface area contributed by atoms with Gasteiger partial charge in [-0.25, -0.2) is 4.98 Å². The van der Waals surface area contributed by atoms with Crippen molar-refractivity contribution in [3.05, 3.63) is 60.3 Å². The van der Waals surface area contributed by atoms with Crippen LogP contribution in [0, 0.1) is 0 Å². The minimum Gasteiger partial charge on any atom is -0.491 e. The lowest BCUT2D eigenvalue weighted by Crippen LogP contribution is -2.20. The zero-order valence-electron chi connectivity index (χ0n) is 19.7. The Kier molecular flexibility index (Phi) is 7.63. The smallest absolute Gasteiger partial charge is 0.421 e. The van der Waals surface area contributed by atoms with Gasteiger partial charge in [0.05, 0.1) is 17.9 Å². The Morgan fingerprint density at radius 2 is 1.66 bits per heavy atom. The van der Waals surface area contributed by atoms with Gasteiger partial charge in [-0.05, 0) is 75.9 Å². The molecule has 1 aliphatic rings. The van der Waals surface area contributed by atoms with Crippen molar-refractivity contribution in [1.29, 1.82) is 0 Å². The summed E-state index contributed by atoms with van der Waals surface area (Å²) in [4.78, 5) is 8.03. The van der Waals surface area contributed by atoms with E-state index in [0.29, 0.717) is 22.9 Å². The second kappa shape index (κ2) is 10.8. The fourth-order valence-corrected chi connectivity index (χ4v) is 3.93. The van der Waals surface area contributed by atoms with Crippen molar-refractivity contribution in [1.82, 2.24) is 9.97 Å². The van der Waals surface area contributed by atoms with Gasteiger partial charge in [0.25, 0.3) is 0 Å². The number of nitrogens with one attached hydrogen (secondary N) is 2. The molecule has 0 aliphatic heterocycles. The normalized spacial score (nSPS) is 14.6. The molecule has 1 heterocycles. The van der Waals surface area contributed by atoms with Gasteiger partial charge < -0.3 is 20.1 Å². The maximum atomic E-state index is 13.7. The van der Waals surface area contributed by atoms with Gasteiger partial charge in [0.15, 0.2) is 0 Å². The molecule has 0 saturated heterocycles. The van der Waals surface area contributed by atoms with E-state index in [-0.39, 0.29) is 24.0 Å². The average molecular weight is 487 g/mol.